The minimum Gasteiger partial charge on any atom is -0.493 e. The minimum atomic E-state index is -0.370. The van der Waals surface area contributed by atoms with Crippen molar-refractivity contribution in [2.75, 3.05) is 6.61 Å². The van der Waals surface area contributed by atoms with Gasteiger partial charge in [-0.15, -0.1) is 0 Å². The molecule has 1 aliphatic rings. The van der Waals surface area contributed by atoms with E-state index in [1.54, 1.807) is 6.20 Å². The van der Waals surface area contributed by atoms with Crippen molar-refractivity contribution in [1.82, 2.24) is 10.3 Å². The normalized spacial score (nSPS) is 16.5. The van der Waals surface area contributed by atoms with Gasteiger partial charge >= 0.3 is 5.97 Å². The Bertz CT molecular complexity index is 930. The summed E-state index contributed by atoms with van der Waals surface area (Å²) in [6.07, 6.45) is 4.82. The summed E-state index contributed by atoms with van der Waals surface area (Å²) in [5, 5.41) is 1.64. The molecular weight excluding hydrogens is 428 g/mol. The van der Waals surface area contributed by atoms with Crippen molar-refractivity contribution in [3.05, 3.63) is 59.4 Å². The molecule has 1 saturated heterocycles. The average molecular weight is 457 g/mol. The highest BCUT2D eigenvalue weighted by atomic mass is 32.2. The average Bonchev–Trinajstić information content (AvgIpc) is 3.10. The number of hydrogen-bond donors (Lipinski definition) is 1. The zero-order valence-corrected chi connectivity index (χ0v) is 19.2. The van der Waals surface area contributed by atoms with E-state index in [2.05, 4.69) is 10.3 Å². The Morgan fingerprint density at radius 3 is 2.59 bits per heavy atom. The van der Waals surface area contributed by atoms with E-state index < -0.39 is 0 Å². The first-order chi connectivity index (χ1) is 15.4. The molecule has 1 aromatic heterocycles. The van der Waals surface area contributed by atoms with Gasteiger partial charge in [-0.05, 0) is 43.5 Å². The number of hydrogen-bond acceptors (Lipinski definition) is 7. The molecule has 1 aromatic carbocycles. The molecule has 1 fully saturated rings. The van der Waals surface area contributed by atoms with E-state index in [4.69, 9.17) is 9.47 Å². The zero-order valence-electron chi connectivity index (χ0n) is 18.3. The van der Waals surface area contributed by atoms with Gasteiger partial charge < -0.3 is 9.47 Å². The van der Waals surface area contributed by atoms with E-state index in [-0.39, 0.29) is 28.5 Å². The van der Waals surface area contributed by atoms with Gasteiger partial charge in [-0.25, -0.2) is 0 Å². The minimum absolute atomic E-state index is 0.179. The van der Waals surface area contributed by atoms with Crippen LogP contribution in [0.2, 0.25) is 0 Å². The van der Waals surface area contributed by atoms with Gasteiger partial charge in [0.15, 0.2) is 0 Å². The number of ether oxygens (including phenoxy) is 2. The number of aromatic nitrogens is 1. The lowest BCUT2D eigenvalue weighted by Crippen LogP contribution is -2.25. The van der Waals surface area contributed by atoms with Crippen molar-refractivity contribution in [3.8, 4) is 5.75 Å². The molecule has 1 aliphatic heterocycles. The summed E-state index contributed by atoms with van der Waals surface area (Å²) in [6.45, 7) is 4.37. The van der Waals surface area contributed by atoms with E-state index >= 15 is 0 Å². The number of imide groups is 1. The maximum absolute atomic E-state index is 11.8. The SMILES string of the molecule is CCCCC(=O)OC(C)c1ccc(CCOc2ccc(CC3SC(=O)NC3=O)cc2)nc1. The van der Waals surface area contributed by atoms with Crippen LogP contribution in [0, 0.1) is 0 Å². The fourth-order valence-corrected chi connectivity index (χ4v) is 4.07. The number of benzene rings is 1. The Kier molecular flexibility index (Phi) is 8.67. The first-order valence-corrected chi connectivity index (χ1v) is 11.7. The third-order valence-corrected chi connectivity index (χ3v) is 6.08. The first-order valence-electron chi connectivity index (χ1n) is 10.8. The van der Waals surface area contributed by atoms with Crippen LogP contribution in [-0.2, 0) is 27.2 Å². The Balaban J connectivity index is 1.41. The Hall–Kier alpha value is -2.87. The number of carbonyl (C=O) groups excluding carboxylic acids is 3. The standard InChI is InChI=1S/C24H28N2O5S/c1-3-4-5-22(27)31-16(2)18-8-9-19(25-15-18)12-13-30-20-10-6-17(7-11-20)14-21-23(28)26-24(29)32-21/h6-11,15-16,21H,3-5,12-14H2,1-2H3,(H,26,28,29). The molecule has 170 valence electrons. The van der Waals surface area contributed by atoms with Gasteiger partial charge in [0.25, 0.3) is 5.24 Å². The predicted molar refractivity (Wildman–Crippen MR) is 123 cm³/mol. The second-order valence-corrected chi connectivity index (χ2v) is 8.82. The third kappa shape index (κ3) is 7.09. The maximum atomic E-state index is 11.8. The molecule has 2 atom stereocenters. The first kappa shape index (κ1) is 23.8. The quantitative estimate of drug-likeness (QED) is 0.501. The number of pyridine rings is 1. The molecule has 7 nitrogen and oxygen atoms in total. The number of esters is 1. The number of thioether (sulfide) groups is 1. The van der Waals surface area contributed by atoms with E-state index in [1.165, 1.54) is 0 Å². The van der Waals surface area contributed by atoms with E-state index in [0.717, 1.165) is 47.2 Å². The van der Waals surface area contributed by atoms with Gasteiger partial charge in [-0.2, -0.15) is 0 Å². The summed E-state index contributed by atoms with van der Waals surface area (Å²) in [7, 11) is 0. The Morgan fingerprint density at radius 1 is 1.19 bits per heavy atom. The molecule has 32 heavy (non-hydrogen) atoms. The number of nitrogens with one attached hydrogen (secondary N) is 1. The molecule has 2 unspecified atom stereocenters. The molecule has 2 heterocycles. The van der Waals surface area contributed by atoms with E-state index in [0.29, 0.717) is 25.9 Å². The fourth-order valence-electron chi connectivity index (χ4n) is 3.21. The van der Waals surface area contributed by atoms with Gasteiger partial charge in [0.2, 0.25) is 5.91 Å². The summed E-state index contributed by atoms with van der Waals surface area (Å²) in [4.78, 5) is 39.1. The van der Waals surface area contributed by atoms with Crippen LogP contribution in [0.15, 0.2) is 42.6 Å². The number of rotatable bonds is 11. The predicted octanol–water partition coefficient (Wildman–Crippen LogP) is 4.39. The third-order valence-electron chi connectivity index (χ3n) is 5.10. The molecule has 1 N–H and O–H groups in total. The Labute approximate surface area is 192 Å². The van der Waals surface area contributed by atoms with E-state index in [1.807, 2.05) is 50.2 Å². The molecule has 0 bridgehead atoms. The van der Waals surface area contributed by atoms with Crippen LogP contribution >= 0.6 is 11.8 Å². The highest BCUT2D eigenvalue weighted by molar-refractivity contribution is 8.15. The topological polar surface area (TPSA) is 94.6 Å². The number of unbranched alkanes of at least 4 members (excludes halogenated alkanes) is 1. The second-order valence-electron chi connectivity index (χ2n) is 7.65. The lowest BCUT2D eigenvalue weighted by atomic mass is 10.1. The molecule has 2 amide bonds. The van der Waals surface area contributed by atoms with Crippen LogP contribution in [0.1, 0.15) is 56.0 Å². The Morgan fingerprint density at radius 2 is 1.97 bits per heavy atom. The smallest absolute Gasteiger partial charge is 0.306 e. The number of amides is 2. The molecule has 0 radical (unpaired) electrons. The van der Waals surface area contributed by atoms with Crippen LogP contribution in [0.4, 0.5) is 4.79 Å². The summed E-state index contributed by atoms with van der Waals surface area (Å²) < 4.78 is 11.2. The van der Waals surface area contributed by atoms with Crippen LogP contribution < -0.4 is 10.1 Å². The van der Waals surface area contributed by atoms with Gasteiger partial charge in [0, 0.05) is 30.3 Å². The fraction of sp³-hybridized carbons (Fsp3) is 0.417. The molecule has 0 spiro atoms. The lowest BCUT2D eigenvalue weighted by Gasteiger charge is -2.13. The van der Waals surface area contributed by atoms with Gasteiger partial charge in [-0.3, -0.25) is 24.7 Å². The maximum Gasteiger partial charge on any atom is 0.306 e. The summed E-state index contributed by atoms with van der Waals surface area (Å²) in [5.74, 6) is 0.321. The largest absolute Gasteiger partial charge is 0.493 e. The van der Waals surface area contributed by atoms with Gasteiger partial charge in [-0.1, -0.05) is 43.3 Å². The van der Waals surface area contributed by atoms with Crippen LogP contribution in [-0.4, -0.2) is 34.0 Å². The number of nitrogens with zero attached hydrogens (tertiary/aromatic N) is 1. The highest BCUT2D eigenvalue weighted by Gasteiger charge is 2.31. The molecular formula is C24H28N2O5S. The zero-order chi connectivity index (χ0) is 22.9. The molecule has 8 heteroatoms. The number of carbonyl (C=O) groups is 3. The van der Waals surface area contributed by atoms with Crippen LogP contribution in [0.3, 0.4) is 0 Å². The van der Waals surface area contributed by atoms with Crippen molar-refractivity contribution in [2.45, 2.75) is 57.3 Å². The van der Waals surface area contributed by atoms with Crippen molar-refractivity contribution in [1.29, 1.82) is 0 Å². The molecule has 3 rings (SSSR count). The highest BCUT2D eigenvalue weighted by Crippen LogP contribution is 2.24. The van der Waals surface area contributed by atoms with Crippen molar-refractivity contribution in [2.24, 2.45) is 0 Å². The van der Waals surface area contributed by atoms with Crippen molar-refractivity contribution < 1.29 is 23.9 Å². The van der Waals surface area contributed by atoms with E-state index in [9.17, 15) is 14.4 Å². The molecule has 0 aliphatic carbocycles. The monoisotopic (exact) mass is 456 g/mol. The van der Waals surface area contributed by atoms with Crippen molar-refractivity contribution >= 4 is 28.9 Å². The van der Waals surface area contributed by atoms with Gasteiger partial charge in [0.1, 0.15) is 11.9 Å². The summed E-state index contributed by atoms with van der Waals surface area (Å²) in [5.41, 5.74) is 2.73. The lowest BCUT2D eigenvalue weighted by molar-refractivity contribution is -0.148. The second kappa shape index (κ2) is 11.7. The molecule has 2 aromatic rings. The molecule has 0 saturated carbocycles. The van der Waals surface area contributed by atoms with Crippen molar-refractivity contribution in [3.63, 3.8) is 0 Å². The summed E-state index contributed by atoms with van der Waals surface area (Å²) >= 11 is 1.03. The van der Waals surface area contributed by atoms with Gasteiger partial charge in [0.05, 0.1) is 11.9 Å². The summed E-state index contributed by atoms with van der Waals surface area (Å²) in [6, 6.07) is 11.4. The van der Waals surface area contributed by atoms with Crippen LogP contribution in [0.25, 0.3) is 0 Å². The van der Waals surface area contributed by atoms with Crippen LogP contribution in [0.5, 0.6) is 5.75 Å².